The first-order valence-corrected chi connectivity index (χ1v) is 8.99. The number of fused-ring (bicyclic) bond motifs is 1. The van der Waals surface area contributed by atoms with E-state index in [0.29, 0.717) is 6.54 Å². The summed E-state index contributed by atoms with van der Waals surface area (Å²) in [5.41, 5.74) is 2.97. The largest absolute Gasteiger partial charge is 0.390 e. The van der Waals surface area contributed by atoms with E-state index in [1.807, 2.05) is 0 Å². The standard InChI is InChI=1S/C19H31N3O/c1-19(2,21-12-18(23)17-8-5-10-20-17)14-22-11-9-15-6-3-4-7-16(15)13-22/h3-4,6-7,17-18,20-21,23H,5,8-14H2,1-2H3. The van der Waals surface area contributed by atoms with Crippen LogP contribution in [-0.4, -0.2) is 53.9 Å². The first-order valence-electron chi connectivity index (χ1n) is 8.99. The molecule has 23 heavy (non-hydrogen) atoms. The molecule has 2 heterocycles. The molecule has 3 N–H and O–H groups in total. The number of aliphatic hydroxyl groups is 1. The van der Waals surface area contributed by atoms with Crippen molar-refractivity contribution in [1.29, 1.82) is 0 Å². The van der Waals surface area contributed by atoms with Gasteiger partial charge in [0.05, 0.1) is 6.10 Å². The van der Waals surface area contributed by atoms with Crippen molar-refractivity contribution < 1.29 is 5.11 Å². The SMILES string of the molecule is CC(C)(CN1CCc2ccccc2C1)NCC(O)C1CCCN1. The van der Waals surface area contributed by atoms with Crippen LogP contribution in [0.3, 0.4) is 0 Å². The van der Waals surface area contributed by atoms with Gasteiger partial charge in [0, 0.05) is 37.8 Å². The Morgan fingerprint density at radius 3 is 2.87 bits per heavy atom. The lowest BCUT2D eigenvalue weighted by molar-refractivity contribution is 0.113. The Morgan fingerprint density at radius 2 is 2.13 bits per heavy atom. The van der Waals surface area contributed by atoms with Gasteiger partial charge in [0.15, 0.2) is 0 Å². The van der Waals surface area contributed by atoms with Gasteiger partial charge in [-0.15, -0.1) is 0 Å². The number of hydrogen-bond acceptors (Lipinski definition) is 4. The van der Waals surface area contributed by atoms with Gasteiger partial charge in [-0.3, -0.25) is 4.90 Å². The average molecular weight is 317 g/mol. The lowest BCUT2D eigenvalue weighted by atomic mass is 9.97. The number of aliphatic hydroxyl groups excluding tert-OH is 1. The third-order valence-electron chi connectivity index (χ3n) is 5.18. The molecule has 0 amide bonds. The molecule has 0 saturated carbocycles. The molecule has 3 rings (SSSR count). The Labute approximate surface area is 140 Å². The van der Waals surface area contributed by atoms with Crippen molar-refractivity contribution in [3.05, 3.63) is 35.4 Å². The molecule has 0 aliphatic carbocycles. The van der Waals surface area contributed by atoms with Crippen LogP contribution in [0.25, 0.3) is 0 Å². The summed E-state index contributed by atoms with van der Waals surface area (Å²) in [6.07, 6.45) is 3.12. The summed E-state index contributed by atoms with van der Waals surface area (Å²) in [4.78, 5) is 2.52. The van der Waals surface area contributed by atoms with Gasteiger partial charge in [-0.1, -0.05) is 24.3 Å². The molecule has 1 aromatic carbocycles. The predicted octanol–water partition coefficient (Wildman–Crippen LogP) is 1.53. The number of benzene rings is 1. The van der Waals surface area contributed by atoms with Gasteiger partial charge < -0.3 is 15.7 Å². The first-order chi connectivity index (χ1) is 11.0. The Bertz CT molecular complexity index is 511. The van der Waals surface area contributed by atoms with Crippen LogP contribution in [0.2, 0.25) is 0 Å². The molecule has 0 radical (unpaired) electrons. The molecule has 4 nitrogen and oxygen atoms in total. The molecule has 4 heteroatoms. The molecule has 0 spiro atoms. The number of rotatable bonds is 6. The number of hydrogen-bond donors (Lipinski definition) is 3. The molecule has 0 aromatic heterocycles. The summed E-state index contributed by atoms with van der Waals surface area (Å²) in [6, 6.07) is 9.04. The summed E-state index contributed by atoms with van der Waals surface area (Å²) in [5, 5.41) is 17.3. The van der Waals surface area contributed by atoms with Crippen LogP contribution in [0.4, 0.5) is 0 Å². The van der Waals surface area contributed by atoms with Crippen molar-refractivity contribution in [3.63, 3.8) is 0 Å². The topological polar surface area (TPSA) is 47.5 Å². The Morgan fingerprint density at radius 1 is 1.35 bits per heavy atom. The van der Waals surface area contributed by atoms with Gasteiger partial charge in [0.2, 0.25) is 0 Å². The first kappa shape index (κ1) is 16.9. The second-order valence-electron chi connectivity index (χ2n) is 7.76. The summed E-state index contributed by atoms with van der Waals surface area (Å²) < 4.78 is 0. The molecule has 128 valence electrons. The molecular formula is C19H31N3O. The highest BCUT2D eigenvalue weighted by Crippen LogP contribution is 2.20. The second-order valence-corrected chi connectivity index (χ2v) is 7.76. The van der Waals surface area contributed by atoms with Crippen LogP contribution in [0, 0.1) is 0 Å². The van der Waals surface area contributed by atoms with Crippen molar-refractivity contribution >= 4 is 0 Å². The fraction of sp³-hybridized carbons (Fsp3) is 0.684. The Hall–Kier alpha value is -0.940. The maximum absolute atomic E-state index is 10.3. The molecule has 2 aliphatic rings. The van der Waals surface area contributed by atoms with E-state index >= 15 is 0 Å². The molecule has 1 fully saturated rings. The Balaban J connectivity index is 1.48. The maximum Gasteiger partial charge on any atom is 0.0817 e. The quantitative estimate of drug-likeness (QED) is 0.745. The van der Waals surface area contributed by atoms with Gasteiger partial charge in [0.25, 0.3) is 0 Å². The van der Waals surface area contributed by atoms with E-state index in [1.54, 1.807) is 0 Å². The highest BCUT2D eigenvalue weighted by molar-refractivity contribution is 5.29. The number of nitrogens with zero attached hydrogens (tertiary/aromatic N) is 1. The normalized spacial score (nSPS) is 23.7. The number of nitrogens with one attached hydrogen (secondary N) is 2. The van der Waals surface area contributed by atoms with Crippen molar-refractivity contribution in [2.45, 2.75) is 57.3 Å². The summed E-state index contributed by atoms with van der Waals surface area (Å²) >= 11 is 0. The molecule has 0 bridgehead atoms. The molecular weight excluding hydrogens is 286 g/mol. The van der Waals surface area contributed by atoms with Crippen LogP contribution in [0.5, 0.6) is 0 Å². The van der Waals surface area contributed by atoms with Crippen LogP contribution in [0.1, 0.15) is 37.8 Å². The van der Waals surface area contributed by atoms with Gasteiger partial charge in [-0.05, 0) is 50.8 Å². The zero-order valence-corrected chi connectivity index (χ0v) is 14.5. The summed E-state index contributed by atoms with van der Waals surface area (Å²) in [5.74, 6) is 0. The minimum atomic E-state index is -0.293. The summed E-state index contributed by atoms with van der Waals surface area (Å²) in [6.45, 7) is 9.34. The van der Waals surface area contributed by atoms with E-state index in [4.69, 9.17) is 0 Å². The van der Waals surface area contributed by atoms with Gasteiger partial charge in [-0.25, -0.2) is 0 Å². The Kier molecular flexibility index (Phi) is 5.37. The van der Waals surface area contributed by atoms with Crippen LogP contribution < -0.4 is 10.6 Å². The van der Waals surface area contributed by atoms with Gasteiger partial charge >= 0.3 is 0 Å². The fourth-order valence-electron chi connectivity index (χ4n) is 3.87. The minimum Gasteiger partial charge on any atom is -0.390 e. The molecule has 2 unspecified atom stereocenters. The lowest BCUT2D eigenvalue weighted by Gasteiger charge is -2.37. The van der Waals surface area contributed by atoms with Gasteiger partial charge in [-0.2, -0.15) is 0 Å². The van der Waals surface area contributed by atoms with Crippen molar-refractivity contribution in [1.82, 2.24) is 15.5 Å². The third kappa shape index (κ3) is 4.54. The van der Waals surface area contributed by atoms with E-state index < -0.39 is 0 Å². The maximum atomic E-state index is 10.3. The molecule has 2 atom stereocenters. The second kappa shape index (κ2) is 7.31. The van der Waals surface area contributed by atoms with Gasteiger partial charge in [0.1, 0.15) is 0 Å². The van der Waals surface area contributed by atoms with E-state index in [2.05, 4.69) is 53.6 Å². The predicted molar refractivity (Wildman–Crippen MR) is 94.5 cm³/mol. The third-order valence-corrected chi connectivity index (χ3v) is 5.18. The van der Waals surface area contributed by atoms with E-state index in [0.717, 1.165) is 39.0 Å². The van der Waals surface area contributed by atoms with Crippen molar-refractivity contribution in [2.75, 3.05) is 26.2 Å². The van der Waals surface area contributed by atoms with E-state index in [9.17, 15) is 5.11 Å². The highest BCUT2D eigenvalue weighted by atomic mass is 16.3. The van der Waals surface area contributed by atoms with Crippen LogP contribution in [0.15, 0.2) is 24.3 Å². The van der Waals surface area contributed by atoms with Crippen LogP contribution >= 0.6 is 0 Å². The zero-order chi connectivity index (χ0) is 16.3. The zero-order valence-electron chi connectivity index (χ0n) is 14.5. The van der Waals surface area contributed by atoms with Crippen molar-refractivity contribution in [2.24, 2.45) is 0 Å². The van der Waals surface area contributed by atoms with Crippen LogP contribution in [-0.2, 0) is 13.0 Å². The fourth-order valence-corrected chi connectivity index (χ4v) is 3.87. The molecule has 2 aliphatic heterocycles. The monoisotopic (exact) mass is 317 g/mol. The smallest absolute Gasteiger partial charge is 0.0817 e. The average Bonchev–Trinajstić information content (AvgIpc) is 3.07. The molecule has 1 saturated heterocycles. The van der Waals surface area contributed by atoms with E-state index in [1.165, 1.54) is 17.5 Å². The lowest BCUT2D eigenvalue weighted by Crippen LogP contribution is -2.54. The minimum absolute atomic E-state index is 0.00582. The van der Waals surface area contributed by atoms with E-state index in [-0.39, 0.29) is 17.7 Å². The number of β-amino-alcohol motifs (C(OH)–C–C–N with tert-alkyl or cyclic N) is 1. The van der Waals surface area contributed by atoms with Crippen molar-refractivity contribution in [3.8, 4) is 0 Å². The molecule has 1 aromatic rings. The highest BCUT2D eigenvalue weighted by Gasteiger charge is 2.27. The summed E-state index contributed by atoms with van der Waals surface area (Å²) in [7, 11) is 0.